The van der Waals surface area contributed by atoms with E-state index in [-0.39, 0.29) is 22.2 Å². The summed E-state index contributed by atoms with van der Waals surface area (Å²) in [4.78, 5) is 25.9. The fourth-order valence-electron chi connectivity index (χ4n) is 8.33. The van der Waals surface area contributed by atoms with E-state index in [1.807, 2.05) is 6.07 Å². The summed E-state index contributed by atoms with van der Waals surface area (Å²) in [6.45, 7) is 18.0. The topological polar surface area (TPSA) is 57.0 Å². The Balaban J connectivity index is 1.12. The van der Waals surface area contributed by atoms with Gasteiger partial charge in [0.1, 0.15) is 11.7 Å². The Morgan fingerprint density at radius 1 is 0.333 bits per heavy atom. The number of para-hydroxylation sites is 2. The highest BCUT2D eigenvalue weighted by Crippen LogP contribution is 2.44. The smallest absolute Gasteiger partial charge is 0.160 e. The van der Waals surface area contributed by atoms with Crippen LogP contribution in [-0.4, -0.2) is 43.8 Å². The van der Waals surface area contributed by atoms with Crippen molar-refractivity contribution in [1.82, 2.24) is 9.97 Å². The molecule has 2 aliphatic rings. The molecule has 2 aliphatic heterocycles. The molecule has 0 saturated heterocycles. The van der Waals surface area contributed by atoms with Gasteiger partial charge in [0.25, 0.3) is 0 Å². The molecule has 0 fully saturated rings. The second-order valence-electron chi connectivity index (χ2n) is 18.0. The molecule has 0 saturated carbocycles. The third kappa shape index (κ3) is 6.70. The van der Waals surface area contributed by atoms with E-state index in [2.05, 4.69) is 229 Å². The molecule has 0 radical (unpaired) electrons. The second-order valence-corrected chi connectivity index (χ2v) is 18.0. The predicted octanol–water partition coefficient (Wildman–Crippen LogP) is 12.8. The molecule has 6 heteroatoms. The molecule has 6 aromatic carbocycles. The third-order valence-corrected chi connectivity index (χ3v) is 13.2. The van der Waals surface area contributed by atoms with Crippen molar-refractivity contribution in [2.75, 3.05) is 9.80 Å². The lowest BCUT2D eigenvalue weighted by molar-refractivity contribution is 0.338. The normalized spacial score (nSPS) is 17.3. The van der Waals surface area contributed by atoms with E-state index >= 15 is 0 Å². The Hall–Kier alpha value is -6.66. The summed E-state index contributed by atoms with van der Waals surface area (Å²) >= 11 is 0. The summed E-state index contributed by atoms with van der Waals surface area (Å²) in [6.07, 6.45) is 0. The number of anilines is 2. The number of aromatic nitrogens is 2. The fraction of sp³-hybridized carbons (Fsp3) is 0.222. The van der Waals surface area contributed by atoms with Crippen LogP contribution in [0.5, 0.6) is 0 Å². The van der Waals surface area contributed by atoms with Crippen molar-refractivity contribution in [1.29, 1.82) is 0 Å². The van der Waals surface area contributed by atoms with E-state index in [0.717, 1.165) is 73.4 Å². The largest absolute Gasteiger partial charge is 0.318 e. The van der Waals surface area contributed by atoms with Crippen molar-refractivity contribution >= 4 is 23.0 Å². The first kappa shape index (κ1) is 38.8. The highest BCUT2D eigenvalue weighted by molar-refractivity contribution is 6.14. The van der Waals surface area contributed by atoms with Crippen molar-refractivity contribution in [3.8, 4) is 45.0 Å². The van der Waals surface area contributed by atoms with Crippen LogP contribution in [0, 0.1) is 0 Å². The molecule has 3 heterocycles. The molecule has 298 valence electrons. The Kier molecular flexibility index (Phi) is 9.42. The van der Waals surface area contributed by atoms with Gasteiger partial charge in [0, 0.05) is 39.2 Å². The van der Waals surface area contributed by atoms with Crippen LogP contribution < -0.4 is 9.80 Å². The lowest BCUT2D eigenvalue weighted by atomic mass is 9.83. The van der Waals surface area contributed by atoms with E-state index < -0.39 is 0 Å². The van der Waals surface area contributed by atoms with Crippen molar-refractivity contribution in [3.05, 3.63) is 181 Å². The molecule has 9 rings (SSSR count). The number of benzene rings is 6. The van der Waals surface area contributed by atoms with E-state index in [1.165, 1.54) is 0 Å². The second kappa shape index (κ2) is 14.6. The number of amidine groups is 2. The fourth-order valence-corrected chi connectivity index (χ4v) is 8.33. The van der Waals surface area contributed by atoms with Gasteiger partial charge in [-0.05, 0) is 103 Å². The van der Waals surface area contributed by atoms with Gasteiger partial charge >= 0.3 is 0 Å². The van der Waals surface area contributed by atoms with Crippen LogP contribution in [0.4, 0.5) is 11.4 Å². The van der Waals surface area contributed by atoms with Gasteiger partial charge < -0.3 is 9.80 Å². The van der Waals surface area contributed by atoms with E-state index in [0.29, 0.717) is 5.82 Å². The van der Waals surface area contributed by atoms with Gasteiger partial charge in [-0.25, -0.2) is 9.97 Å². The molecular formula is C54H52N6. The molecule has 0 atom stereocenters. The summed E-state index contributed by atoms with van der Waals surface area (Å²) in [5, 5.41) is 0. The third-order valence-electron chi connectivity index (χ3n) is 13.2. The maximum Gasteiger partial charge on any atom is 0.160 e. The van der Waals surface area contributed by atoms with Crippen molar-refractivity contribution in [3.63, 3.8) is 0 Å². The van der Waals surface area contributed by atoms with Gasteiger partial charge in [-0.2, -0.15) is 0 Å². The monoisotopic (exact) mass is 784 g/mol. The van der Waals surface area contributed by atoms with Crippen LogP contribution >= 0.6 is 0 Å². The van der Waals surface area contributed by atoms with Crippen LogP contribution in [0.1, 0.15) is 66.5 Å². The predicted molar refractivity (Wildman–Crippen MR) is 251 cm³/mol. The van der Waals surface area contributed by atoms with Crippen molar-refractivity contribution in [2.45, 2.75) is 77.5 Å². The first-order valence-corrected chi connectivity index (χ1v) is 20.9. The van der Waals surface area contributed by atoms with Crippen LogP contribution in [-0.2, 0) is 0 Å². The highest BCUT2D eigenvalue weighted by Gasteiger charge is 2.50. The number of hydrogen-bond acceptors (Lipinski definition) is 6. The van der Waals surface area contributed by atoms with Crippen LogP contribution in [0.15, 0.2) is 180 Å². The number of nitrogens with zero attached hydrogens (tertiary/aromatic N) is 6. The molecule has 0 unspecified atom stereocenters. The zero-order valence-corrected chi connectivity index (χ0v) is 35.8. The maximum absolute atomic E-state index is 5.32. The molecule has 0 bridgehead atoms. The van der Waals surface area contributed by atoms with E-state index in [4.69, 9.17) is 20.0 Å². The zero-order chi connectivity index (χ0) is 41.9. The molecule has 0 aliphatic carbocycles. The van der Waals surface area contributed by atoms with Crippen LogP contribution in [0.2, 0.25) is 0 Å². The molecular weight excluding hydrogens is 733 g/mol. The molecule has 6 nitrogen and oxygen atoms in total. The minimum absolute atomic E-state index is 0.237. The van der Waals surface area contributed by atoms with E-state index in [1.54, 1.807) is 0 Å². The SMILES string of the molecule is CC1(C)N=C(c2ccc(-c3cc(-c4ccc(C5=NC(C)(C)C(C)(C)N5c5ccccc5)cc4)nc(-c4cccc(-c5ccccc5)c4)n3)cc2)N(c2ccccc2)C1(C)C. The van der Waals surface area contributed by atoms with Crippen LogP contribution in [0.3, 0.4) is 0 Å². The Morgan fingerprint density at radius 3 is 1.13 bits per heavy atom. The molecule has 60 heavy (non-hydrogen) atoms. The number of hydrogen-bond donors (Lipinski definition) is 0. The van der Waals surface area contributed by atoms with Gasteiger partial charge in [0.05, 0.1) is 33.5 Å². The highest BCUT2D eigenvalue weighted by atomic mass is 15.3. The molecule has 0 amide bonds. The summed E-state index contributed by atoms with van der Waals surface area (Å²) < 4.78 is 0. The lowest BCUT2D eigenvalue weighted by Gasteiger charge is -2.41. The number of rotatable bonds is 8. The maximum atomic E-state index is 5.32. The average Bonchev–Trinajstić information content (AvgIpc) is 3.59. The van der Waals surface area contributed by atoms with Crippen molar-refractivity contribution in [2.24, 2.45) is 9.98 Å². The minimum Gasteiger partial charge on any atom is -0.318 e. The molecule has 1 aromatic heterocycles. The van der Waals surface area contributed by atoms with Gasteiger partial charge in [-0.3, -0.25) is 9.98 Å². The molecule has 7 aromatic rings. The number of aliphatic imine (C=N–C) groups is 2. The Morgan fingerprint density at radius 2 is 0.700 bits per heavy atom. The Labute approximate surface area is 355 Å². The van der Waals surface area contributed by atoms with E-state index in [9.17, 15) is 0 Å². The Bertz CT molecular complexity index is 2580. The molecule has 0 N–H and O–H groups in total. The standard InChI is InChI=1S/C54H52N6/c1-51(2)53(5,6)59(44-23-14-10-15-24-44)49(57-51)40-31-27-38(28-32-40)46-36-47(56-48(55-46)43-22-18-21-42(35-43)37-19-12-9-13-20-37)39-29-33-41(34-30-39)50-58-52(3,4)54(7,8)60(50)45-25-16-11-17-26-45/h9-36H,1-8H3. The van der Waals surface area contributed by atoms with Gasteiger partial charge in [0.15, 0.2) is 5.82 Å². The van der Waals surface area contributed by atoms with Gasteiger partial charge in [-0.1, -0.05) is 133 Å². The summed E-state index contributed by atoms with van der Waals surface area (Å²) in [5.41, 5.74) is 10.3. The van der Waals surface area contributed by atoms with Crippen molar-refractivity contribution < 1.29 is 0 Å². The minimum atomic E-state index is -0.298. The first-order chi connectivity index (χ1) is 28.7. The summed E-state index contributed by atoms with van der Waals surface area (Å²) in [6, 6.07) is 59.6. The zero-order valence-electron chi connectivity index (χ0n) is 35.8. The van der Waals surface area contributed by atoms with Gasteiger partial charge in [0.2, 0.25) is 0 Å². The summed E-state index contributed by atoms with van der Waals surface area (Å²) in [7, 11) is 0. The lowest BCUT2D eigenvalue weighted by Crippen LogP contribution is -2.53. The first-order valence-electron chi connectivity index (χ1n) is 20.9. The average molecular weight is 785 g/mol. The van der Waals surface area contributed by atoms with Crippen LogP contribution in [0.25, 0.3) is 45.0 Å². The molecule has 0 spiro atoms. The van der Waals surface area contributed by atoms with Gasteiger partial charge in [-0.15, -0.1) is 0 Å². The quantitative estimate of drug-likeness (QED) is 0.154. The summed E-state index contributed by atoms with van der Waals surface area (Å²) in [5.74, 6) is 2.61.